The zero-order chi connectivity index (χ0) is 16.7. The normalized spacial score (nSPS) is 10.5. The van der Waals surface area contributed by atoms with Gasteiger partial charge in [0.25, 0.3) is 0 Å². The van der Waals surface area contributed by atoms with Crippen LogP contribution >= 0.6 is 11.6 Å². The lowest BCUT2D eigenvalue weighted by atomic mass is 10.1. The van der Waals surface area contributed by atoms with Crippen molar-refractivity contribution in [3.8, 4) is 6.07 Å². The number of benzene rings is 2. The number of amides is 2. The second-order valence-corrected chi connectivity index (χ2v) is 4.91. The summed E-state index contributed by atoms with van der Waals surface area (Å²) >= 11 is 5.82. The quantitative estimate of drug-likeness (QED) is 0.510. The lowest BCUT2D eigenvalue weighted by Crippen LogP contribution is -2.25. The Labute approximate surface area is 138 Å². The summed E-state index contributed by atoms with van der Waals surface area (Å²) in [4.78, 5) is 23.9. The summed E-state index contributed by atoms with van der Waals surface area (Å²) in [5.41, 5.74) is 0.700. The van der Waals surface area contributed by atoms with E-state index in [0.29, 0.717) is 16.3 Å². The van der Waals surface area contributed by atoms with Gasteiger partial charge in [-0.2, -0.15) is 5.26 Å². The first-order valence-electron chi connectivity index (χ1n) is 6.63. The third-order valence-corrected chi connectivity index (χ3v) is 3.07. The standard InChI is InChI=1S/C17H12ClN3O2/c18-14-7-4-8-15(9-14)21-17(23)20-11-13(10-19)16(22)12-5-2-1-3-6-12/h1-9,11H,(H2,20,21,23)/b13-11+. The lowest BCUT2D eigenvalue weighted by Gasteiger charge is -2.05. The van der Waals surface area contributed by atoms with E-state index in [1.165, 1.54) is 0 Å². The highest BCUT2D eigenvalue weighted by atomic mass is 35.5. The highest BCUT2D eigenvalue weighted by Gasteiger charge is 2.12. The number of hydrogen-bond acceptors (Lipinski definition) is 3. The molecule has 0 bridgehead atoms. The maximum Gasteiger partial charge on any atom is 0.323 e. The Morgan fingerprint density at radius 3 is 2.48 bits per heavy atom. The van der Waals surface area contributed by atoms with Crippen LogP contribution in [-0.4, -0.2) is 11.8 Å². The first kappa shape index (κ1) is 16.3. The summed E-state index contributed by atoms with van der Waals surface area (Å²) in [5, 5.41) is 14.4. The van der Waals surface area contributed by atoms with Gasteiger partial charge in [-0.25, -0.2) is 4.79 Å². The molecule has 0 radical (unpaired) electrons. The van der Waals surface area contributed by atoms with Crippen LogP contribution in [0.3, 0.4) is 0 Å². The van der Waals surface area contributed by atoms with E-state index in [2.05, 4.69) is 10.6 Å². The molecule has 6 heteroatoms. The van der Waals surface area contributed by atoms with Gasteiger partial charge in [-0.05, 0) is 18.2 Å². The number of nitrogens with zero attached hydrogens (tertiary/aromatic N) is 1. The molecule has 0 aliphatic heterocycles. The molecule has 0 spiro atoms. The number of anilines is 1. The molecular formula is C17H12ClN3O2. The molecule has 0 aromatic heterocycles. The van der Waals surface area contributed by atoms with Crippen molar-refractivity contribution in [3.05, 3.63) is 77.0 Å². The van der Waals surface area contributed by atoms with Gasteiger partial charge in [0.1, 0.15) is 11.6 Å². The Hall–Kier alpha value is -3.10. The van der Waals surface area contributed by atoms with Crippen molar-refractivity contribution in [3.63, 3.8) is 0 Å². The van der Waals surface area contributed by atoms with Crippen molar-refractivity contribution in [2.75, 3.05) is 5.32 Å². The molecule has 0 aliphatic rings. The number of nitrogens with one attached hydrogen (secondary N) is 2. The van der Waals surface area contributed by atoms with Crippen molar-refractivity contribution in [1.29, 1.82) is 5.26 Å². The molecule has 2 aromatic rings. The second kappa shape index (κ2) is 7.78. The third kappa shape index (κ3) is 4.70. The predicted octanol–water partition coefficient (Wildman–Crippen LogP) is 3.75. The number of carbonyl (C=O) groups excluding carboxylic acids is 2. The molecule has 0 saturated carbocycles. The average molecular weight is 326 g/mol. The number of rotatable bonds is 4. The van der Waals surface area contributed by atoms with Crippen LogP contribution in [0.2, 0.25) is 5.02 Å². The summed E-state index contributed by atoms with van der Waals surface area (Å²) in [7, 11) is 0. The van der Waals surface area contributed by atoms with Crippen LogP contribution in [0.5, 0.6) is 0 Å². The SMILES string of the molecule is N#C/C(=C\NC(=O)Nc1cccc(Cl)c1)C(=O)c1ccccc1. The Morgan fingerprint density at radius 2 is 1.83 bits per heavy atom. The van der Waals surface area contributed by atoms with Crippen molar-refractivity contribution < 1.29 is 9.59 Å². The van der Waals surface area contributed by atoms with E-state index < -0.39 is 11.8 Å². The molecule has 0 heterocycles. The first-order valence-corrected chi connectivity index (χ1v) is 7.01. The zero-order valence-corrected chi connectivity index (χ0v) is 12.7. The summed E-state index contributed by atoms with van der Waals surface area (Å²) in [6.45, 7) is 0. The van der Waals surface area contributed by atoms with Gasteiger partial charge in [0.2, 0.25) is 5.78 Å². The van der Waals surface area contributed by atoms with Gasteiger partial charge in [-0.1, -0.05) is 48.0 Å². The smallest absolute Gasteiger partial charge is 0.313 e. The minimum absolute atomic E-state index is 0.169. The molecule has 5 nitrogen and oxygen atoms in total. The number of hydrogen-bond donors (Lipinski definition) is 2. The maximum atomic E-state index is 12.1. The summed E-state index contributed by atoms with van der Waals surface area (Å²) < 4.78 is 0. The Morgan fingerprint density at radius 1 is 1.09 bits per heavy atom. The van der Waals surface area contributed by atoms with Gasteiger partial charge in [0.15, 0.2) is 0 Å². The fourth-order valence-corrected chi connectivity index (χ4v) is 1.96. The van der Waals surface area contributed by atoms with E-state index in [0.717, 1.165) is 6.20 Å². The van der Waals surface area contributed by atoms with E-state index in [4.69, 9.17) is 16.9 Å². The Kier molecular flexibility index (Phi) is 5.50. The molecule has 0 fully saturated rings. The molecule has 0 unspecified atom stereocenters. The summed E-state index contributed by atoms with van der Waals surface area (Å²) in [5.74, 6) is -0.462. The van der Waals surface area contributed by atoms with Crippen LogP contribution < -0.4 is 10.6 Å². The number of allylic oxidation sites excluding steroid dienone is 1. The number of Topliss-reactive ketones (excluding diaryl/α,β-unsaturated/α-hetero) is 1. The van der Waals surface area contributed by atoms with Crippen molar-refractivity contribution in [2.45, 2.75) is 0 Å². The Balaban J connectivity index is 2.04. The van der Waals surface area contributed by atoms with Gasteiger partial charge in [-0.15, -0.1) is 0 Å². The summed E-state index contributed by atoms with van der Waals surface area (Å²) in [6, 6.07) is 16.1. The number of carbonyl (C=O) groups is 2. The van der Waals surface area contributed by atoms with Crippen LogP contribution in [-0.2, 0) is 0 Å². The van der Waals surface area contributed by atoms with Crippen molar-refractivity contribution in [1.82, 2.24) is 5.32 Å². The monoisotopic (exact) mass is 325 g/mol. The van der Waals surface area contributed by atoms with Gasteiger partial charge in [-0.3, -0.25) is 4.79 Å². The first-order chi connectivity index (χ1) is 11.1. The lowest BCUT2D eigenvalue weighted by molar-refractivity contribution is 0.103. The van der Waals surface area contributed by atoms with Gasteiger partial charge < -0.3 is 10.6 Å². The molecule has 23 heavy (non-hydrogen) atoms. The van der Waals surface area contributed by atoms with Crippen LogP contribution in [0.15, 0.2) is 66.4 Å². The van der Waals surface area contributed by atoms with Gasteiger partial charge >= 0.3 is 6.03 Å². The summed E-state index contributed by atoms with van der Waals surface area (Å²) in [6.07, 6.45) is 1.08. The van der Waals surface area contributed by atoms with Crippen LogP contribution in [0.4, 0.5) is 10.5 Å². The van der Waals surface area contributed by atoms with E-state index in [-0.39, 0.29) is 5.57 Å². The molecule has 2 rings (SSSR count). The van der Waals surface area contributed by atoms with Crippen LogP contribution in [0.25, 0.3) is 0 Å². The molecule has 2 amide bonds. The van der Waals surface area contributed by atoms with E-state index in [9.17, 15) is 9.59 Å². The average Bonchev–Trinajstić information content (AvgIpc) is 2.56. The number of urea groups is 1. The van der Waals surface area contributed by atoms with Crippen molar-refractivity contribution >= 4 is 29.1 Å². The maximum absolute atomic E-state index is 12.1. The third-order valence-electron chi connectivity index (χ3n) is 2.83. The zero-order valence-electron chi connectivity index (χ0n) is 11.9. The van der Waals surface area contributed by atoms with Crippen LogP contribution in [0.1, 0.15) is 10.4 Å². The van der Waals surface area contributed by atoms with Crippen LogP contribution in [0, 0.1) is 11.3 Å². The van der Waals surface area contributed by atoms with E-state index in [1.807, 2.05) is 0 Å². The molecule has 0 atom stereocenters. The topological polar surface area (TPSA) is 82.0 Å². The minimum atomic E-state index is -0.583. The second-order valence-electron chi connectivity index (χ2n) is 4.47. The minimum Gasteiger partial charge on any atom is -0.313 e. The highest BCUT2D eigenvalue weighted by Crippen LogP contribution is 2.14. The molecule has 2 aromatic carbocycles. The number of ketones is 1. The van der Waals surface area contributed by atoms with Crippen molar-refractivity contribution in [2.24, 2.45) is 0 Å². The fourth-order valence-electron chi connectivity index (χ4n) is 1.76. The Bertz CT molecular complexity index is 795. The molecule has 0 saturated heterocycles. The number of nitriles is 1. The van der Waals surface area contributed by atoms with Gasteiger partial charge in [0, 0.05) is 22.5 Å². The van der Waals surface area contributed by atoms with E-state index in [1.54, 1.807) is 60.7 Å². The highest BCUT2D eigenvalue weighted by molar-refractivity contribution is 6.30. The largest absolute Gasteiger partial charge is 0.323 e. The molecule has 2 N–H and O–H groups in total. The molecule has 114 valence electrons. The van der Waals surface area contributed by atoms with Gasteiger partial charge in [0.05, 0.1) is 0 Å². The van der Waals surface area contributed by atoms with E-state index >= 15 is 0 Å². The molecule has 0 aliphatic carbocycles. The number of halogens is 1. The predicted molar refractivity (Wildman–Crippen MR) is 88.1 cm³/mol. The molecular weight excluding hydrogens is 314 g/mol. The fraction of sp³-hybridized carbons (Fsp3) is 0.